The normalized spacial score (nSPS) is 11.3. The number of carbonyl (C=O) groups excluding carboxylic acids is 1. The van der Waals surface area contributed by atoms with Crippen molar-refractivity contribution in [3.05, 3.63) is 64.4 Å². The first-order chi connectivity index (χ1) is 14.0. The van der Waals surface area contributed by atoms with Gasteiger partial charge in [0.05, 0.1) is 12.1 Å². The zero-order chi connectivity index (χ0) is 20.4. The summed E-state index contributed by atoms with van der Waals surface area (Å²) in [4.78, 5) is 13.0. The number of hydrogen-bond acceptors (Lipinski definition) is 6. The molecule has 146 valence electrons. The number of nitrogens with one attached hydrogen (secondary N) is 1. The molecule has 0 aliphatic rings. The van der Waals surface area contributed by atoms with Gasteiger partial charge in [0.15, 0.2) is 0 Å². The van der Waals surface area contributed by atoms with Crippen molar-refractivity contribution in [3.63, 3.8) is 0 Å². The summed E-state index contributed by atoms with van der Waals surface area (Å²) in [6.07, 6.45) is 4.54. The fraction of sp³-hybridized carbons (Fsp3) is 0.0526. The van der Waals surface area contributed by atoms with Crippen molar-refractivity contribution in [1.82, 2.24) is 19.8 Å². The first-order valence-corrected chi connectivity index (χ1v) is 9.90. The van der Waals surface area contributed by atoms with E-state index >= 15 is 0 Å². The lowest BCUT2D eigenvalue weighted by molar-refractivity contribution is -0.111. The number of rotatable bonds is 5. The van der Waals surface area contributed by atoms with Crippen molar-refractivity contribution >= 4 is 57.2 Å². The fourth-order valence-electron chi connectivity index (χ4n) is 2.64. The second kappa shape index (κ2) is 8.20. The molecular weight excluding hydrogens is 433 g/mol. The van der Waals surface area contributed by atoms with Gasteiger partial charge in [0.1, 0.15) is 17.1 Å². The second-order valence-corrected chi connectivity index (χ2v) is 7.67. The third-order valence-electron chi connectivity index (χ3n) is 3.94. The number of nitrogens with zero attached hydrogens (tertiary/aromatic N) is 4. The van der Waals surface area contributed by atoms with Crippen LogP contribution in [0.4, 0.5) is 5.69 Å². The lowest BCUT2D eigenvalue weighted by Gasteiger charge is -2.08. The number of ether oxygens (including phenoxy) is 1. The Morgan fingerprint density at radius 3 is 2.76 bits per heavy atom. The van der Waals surface area contributed by atoms with Crippen LogP contribution in [0.1, 0.15) is 5.56 Å². The van der Waals surface area contributed by atoms with Gasteiger partial charge in [0.25, 0.3) is 0 Å². The first kappa shape index (κ1) is 19.4. The van der Waals surface area contributed by atoms with Gasteiger partial charge in [0.2, 0.25) is 10.9 Å². The van der Waals surface area contributed by atoms with E-state index in [0.29, 0.717) is 27.0 Å². The van der Waals surface area contributed by atoms with Gasteiger partial charge in [-0.3, -0.25) is 4.79 Å². The maximum atomic E-state index is 12.3. The smallest absolute Gasteiger partial charge is 0.248 e. The Kier molecular flexibility index (Phi) is 5.48. The summed E-state index contributed by atoms with van der Waals surface area (Å²) in [5.41, 5.74) is 2.19. The summed E-state index contributed by atoms with van der Waals surface area (Å²) < 4.78 is 6.89. The van der Waals surface area contributed by atoms with Crippen molar-refractivity contribution in [1.29, 1.82) is 0 Å². The predicted octanol–water partition coefficient (Wildman–Crippen LogP) is 4.82. The average molecular weight is 446 g/mol. The van der Waals surface area contributed by atoms with Crippen molar-refractivity contribution in [2.24, 2.45) is 0 Å². The molecule has 4 rings (SSSR count). The maximum Gasteiger partial charge on any atom is 0.248 e. The molecule has 0 spiro atoms. The highest BCUT2D eigenvalue weighted by molar-refractivity contribution is 7.19. The number of benzene rings is 2. The van der Waals surface area contributed by atoms with E-state index in [2.05, 4.69) is 20.6 Å². The molecule has 2 aromatic carbocycles. The summed E-state index contributed by atoms with van der Waals surface area (Å²) in [6.45, 7) is 0. The van der Waals surface area contributed by atoms with Crippen molar-refractivity contribution in [2.45, 2.75) is 0 Å². The van der Waals surface area contributed by atoms with Gasteiger partial charge < -0.3 is 10.1 Å². The molecule has 4 aromatic rings. The zero-order valence-corrected chi connectivity index (χ0v) is 17.3. The molecule has 0 fully saturated rings. The van der Waals surface area contributed by atoms with Gasteiger partial charge in [-0.05, 0) is 42.5 Å². The third-order valence-corrected chi connectivity index (χ3v) is 5.40. The molecule has 0 bridgehead atoms. The van der Waals surface area contributed by atoms with Crippen LogP contribution in [0.25, 0.3) is 21.6 Å². The van der Waals surface area contributed by atoms with E-state index in [-0.39, 0.29) is 5.91 Å². The van der Waals surface area contributed by atoms with Crippen LogP contribution in [-0.4, -0.2) is 32.8 Å². The van der Waals surface area contributed by atoms with Crippen molar-refractivity contribution in [3.8, 4) is 16.3 Å². The number of carbonyl (C=O) groups is 1. The number of halogens is 2. The highest BCUT2D eigenvalue weighted by atomic mass is 35.5. The van der Waals surface area contributed by atoms with Gasteiger partial charge in [-0.2, -0.15) is 9.61 Å². The quantitative estimate of drug-likeness (QED) is 0.445. The number of fused-ring (bicyclic) bond motifs is 1. The molecule has 0 saturated heterocycles. The van der Waals surface area contributed by atoms with Crippen molar-refractivity contribution < 1.29 is 9.53 Å². The number of methoxy groups -OCH3 is 1. The van der Waals surface area contributed by atoms with Crippen LogP contribution in [0, 0.1) is 0 Å². The standard InChI is InChI=1S/C19H13Cl2N5O2S/c1-28-17-12(8-13(20)9-15(17)21)4-7-16(27)23-14-5-2-11(3-6-14)18-25-26-10-22-24-19(26)29-18/h2-10H,1H3,(H,23,27). The molecule has 2 heterocycles. The maximum absolute atomic E-state index is 12.3. The number of amides is 1. The largest absolute Gasteiger partial charge is 0.495 e. The van der Waals surface area contributed by atoms with E-state index in [1.54, 1.807) is 41.2 Å². The Balaban J connectivity index is 1.46. The lowest BCUT2D eigenvalue weighted by atomic mass is 10.2. The lowest BCUT2D eigenvalue weighted by Crippen LogP contribution is -2.07. The molecule has 0 saturated carbocycles. The molecular formula is C19H13Cl2N5O2S. The van der Waals surface area contributed by atoms with Crippen LogP contribution in [-0.2, 0) is 4.79 Å². The van der Waals surface area contributed by atoms with Gasteiger partial charge in [-0.1, -0.05) is 34.5 Å². The third kappa shape index (κ3) is 4.24. The Morgan fingerprint density at radius 1 is 1.24 bits per heavy atom. The van der Waals surface area contributed by atoms with Crippen LogP contribution in [0.3, 0.4) is 0 Å². The highest BCUT2D eigenvalue weighted by Crippen LogP contribution is 2.33. The van der Waals surface area contributed by atoms with Crippen LogP contribution >= 0.6 is 34.5 Å². The topological polar surface area (TPSA) is 81.4 Å². The SMILES string of the molecule is COc1c(Cl)cc(Cl)cc1C=CC(=O)Nc1ccc(-c2nn3cnnc3s2)cc1. The first-order valence-electron chi connectivity index (χ1n) is 8.33. The predicted molar refractivity (Wildman–Crippen MR) is 115 cm³/mol. The summed E-state index contributed by atoms with van der Waals surface area (Å²) in [5, 5.41) is 16.6. The molecule has 2 aromatic heterocycles. The Morgan fingerprint density at radius 2 is 2.03 bits per heavy atom. The summed E-state index contributed by atoms with van der Waals surface area (Å²) in [7, 11) is 1.50. The molecule has 0 aliphatic heterocycles. The molecule has 0 aliphatic carbocycles. The van der Waals surface area contributed by atoms with Gasteiger partial charge in [-0.25, -0.2) is 0 Å². The van der Waals surface area contributed by atoms with Crippen molar-refractivity contribution in [2.75, 3.05) is 12.4 Å². The molecule has 0 unspecified atom stereocenters. The van der Waals surface area contributed by atoms with E-state index in [0.717, 1.165) is 15.5 Å². The monoisotopic (exact) mass is 445 g/mol. The van der Waals surface area contributed by atoms with Crippen LogP contribution in [0.15, 0.2) is 48.8 Å². The van der Waals surface area contributed by atoms with Crippen LogP contribution in [0.2, 0.25) is 10.0 Å². The molecule has 10 heteroatoms. The fourth-order valence-corrected chi connectivity index (χ4v) is 4.05. The highest BCUT2D eigenvalue weighted by Gasteiger charge is 2.09. The summed E-state index contributed by atoms with van der Waals surface area (Å²) >= 11 is 13.6. The summed E-state index contributed by atoms with van der Waals surface area (Å²) in [6, 6.07) is 10.6. The molecule has 1 N–H and O–H groups in total. The number of anilines is 1. The minimum Gasteiger partial charge on any atom is -0.495 e. The zero-order valence-electron chi connectivity index (χ0n) is 15.0. The minimum absolute atomic E-state index is 0.297. The molecule has 1 amide bonds. The Bertz CT molecular complexity index is 1190. The van der Waals surface area contributed by atoms with Gasteiger partial charge in [0, 0.05) is 27.9 Å². The minimum atomic E-state index is -0.297. The molecule has 7 nitrogen and oxygen atoms in total. The van der Waals surface area contributed by atoms with E-state index in [4.69, 9.17) is 27.9 Å². The Hall–Kier alpha value is -2.94. The van der Waals surface area contributed by atoms with E-state index in [1.807, 2.05) is 12.1 Å². The van der Waals surface area contributed by atoms with Gasteiger partial charge >= 0.3 is 0 Å². The van der Waals surface area contributed by atoms with E-state index in [1.165, 1.54) is 24.5 Å². The van der Waals surface area contributed by atoms with Gasteiger partial charge in [-0.15, -0.1) is 10.2 Å². The molecule has 0 radical (unpaired) electrons. The molecule has 29 heavy (non-hydrogen) atoms. The summed E-state index contributed by atoms with van der Waals surface area (Å²) in [5.74, 6) is 0.157. The van der Waals surface area contributed by atoms with E-state index < -0.39 is 0 Å². The number of hydrogen-bond donors (Lipinski definition) is 1. The van der Waals surface area contributed by atoms with E-state index in [9.17, 15) is 4.79 Å². The average Bonchev–Trinajstić information content (AvgIpc) is 3.29. The van der Waals surface area contributed by atoms with Crippen LogP contribution in [0.5, 0.6) is 5.75 Å². The van der Waals surface area contributed by atoms with Crippen LogP contribution < -0.4 is 10.1 Å². The number of aromatic nitrogens is 4. The Labute approximate surface area is 179 Å². The molecule has 0 atom stereocenters. The second-order valence-electron chi connectivity index (χ2n) is 5.88.